The third-order valence-electron chi connectivity index (χ3n) is 3.05. The van der Waals surface area contributed by atoms with Crippen LogP contribution in [0.5, 0.6) is 0 Å². The lowest BCUT2D eigenvalue weighted by Crippen LogP contribution is -2.22. The Morgan fingerprint density at radius 2 is 2.14 bits per heavy atom. The molecule has 0 saturated carbocycles. The fraction of sp³-hybridized carbons (Fsp3) is 0.500. The summed E-state index contributed by atoms with van der Waals surface area (Å²) in [6.07, 6.45) is 3.66. The highest BCUT2D eigenvalue weighted by Crippen LogP contribution is 2.29. The highest BCUT2D eigenvalue weighted by Gasteiger charge is 2.18. The molecule has 0 radical (unpaired) electrons. The van der Waals surface area contributed by atoms with Crippen molar-refractivity contribution < 1.29 is 0 Å². The second kappa shape index (κ2) is 3.71. The summed E-state index contributed by atoms with van der Waals surface area (Å²) in [6, 6.07) is 4.50. The molecule has 0 unspecified atom stereocenters. The van der Waals surface area contributed by atoms with Crippen LogP contribution in [0.3, 0.4) is 0 Å². The van der Waals surface area contributed by atoms with Gasteiger partial charge in [0.05, 0.1) is 0 Å². The maximum absolute atomic E-state index is 6.01. The van der Waals surface area contributed by atoms with Gasteiger partial charge in [0, 0.05) is 12.6 Å². The van der Waals surface area contributed by atoms with Crippen LogP contribution in [0.1, 0.15) is 34.7 Å². The summed E-state index contributed by atoms with van der Waals surface area (Å²) < 4.78 is 0. The Hall–Kier alpha value is -0.860. The second-order valence-corrected chi connectivity index (χ2v) is 4.19. The molecule has 1 aliphatic rings. The van der Waals surface area contributed by atoms with E-state index in [-0.39, 0.29) is 6.04 Å². The van der Waals surface area contributed by atoms with Crippen LogP contribution in [0.4, 0.5) is 0 Å². The summed E-state index contributed by atoms with van der Waals surface area (Å²) in [7, 11) is 0. The third-order valence-corrected chi connectivity index (χ3v) is 3.05. The van der Waals surface area contributed by atoms with Gasteiger partial charge in [0.15, 0.2) is 0 Å². The molecule has 0 amide bonds. The van der Waals surface area contributed by atoms with Gasteiger partial charge in [-0.15, -0.1) is 0 Å². The quantitative estimate of drug-likeness (QED) is 0.741. The van der Waals surface area contributed by atoms with Crippen molar-refractivity contribution in [3.63, 3.8) is 0 Å². The van der Waals surface area contributed by atoms with Gasteiger partial charge in [-0.2, -0.15) is 0 Å². The van der Waals surface area contributed by atoms with E-state index in [0.717, 1.165) is 0 Å². The monoisotopic (exact) mass is 190 g/mol. The lowest BCUT2D eigenvalue weighted by Gasteiger charge is -2.15. The molecule has 14 heavy (non-hydrogen) atoms. The van der Waals surface area contributed by atoms with E-state index in [9.17, 15) is 0 Å². The van der Waals surface area contributed by atoms with Gasteiger partial charge in [0.25, 0.3) is 0 Å². The van der Waals surface area contributed by atoms with Crippen molar-refractivity contribution in [2.24, 2.45) is 11.5 Å². The van der Waals surface area contributed by atoms with Crippen LogP contribution in [0, 0.1) is 6.92 Å². The van der Waals surface area contributed by atoms with Gasteiger partial charge in [0.2, 0.25) is 0 Å². The average Bonchev–Trinajstić information content (AvgIpc) is 2.62. The number of nitrogens with two attached hydrogens (primary N) is 2. The van der Waals surface area contributed by atoms with Crippen molar-refractivity contribution in [3.8, 4) is 0 Å². The molecule has 2 rings (SSSR count). The molecule has 1 aromatic rings. The summed E-state index contributed by atoms with van der Waals surface area (Å²) in [5.74, 6) is 0. The Balaban J connectivity index is 2.48. The topological polar surface area (TPSA) is 52.0 Å². The predicted octanol–water partition coefficient (Wildman–Crippen LogP) is 1.44. The Morgan fingerprint density at radius 1 is 1.36 bits per heavy atom. The molecule has 0 saturated heterocycles. The second-order valence-electron chi connectivity index (χ2n) is 4.19. The number of aryl methyl sites for hydroxylation is 2. The van der Waals surface area contributed by atoms with Crippen LogP contribution < -0.4 is 11.5 Å². The molecule has 2 nitrogen and oxygen atoms in total. The number of fused-ring (bicyclic) bond motifs is 1. The highest BCUT2D eigenvalue weighted by molar-refractivity contribution is 5.43. The van der Waals surface area contributed by atoms with E-state index in [2.05, 4.69) is 19.1 Å². The van der Waals surface area contributed by atoms with Crippen LogP contribution in [0.2, 0.25) is 0 Å². The summed E-state index contributed by atoms with van der Waals surface area (Å²) in [6.45, 7) is 2.67. The molecule has 0 fully saturated rings. The van der Waals surface area contributed by atoms with E-state index in [0.29, 0.717) is 6.54 Å². The number of benzene rings is 1. The van der Waals surface area contributed by atoms with Gasteiger partial charge in [0.1, 0.15) is 0 Å². The van der Waals surface area contributed by atoms with Gasteiger partial charge < -0.3 is 11.5 Å². The zero-order valence-corrected chi connectivity index (χ0v) is 8.72. The summed E-state index contributed by atoms with van der Waals surface area (Å²) in [5, 5.41) is 0. The highest BCUT2D eigenvalue weighted by atomic mass is 14.7. The fourth-order valence-corrected chi connectivity index (χ4v) is 2.36. The first-order chi connectivity index (χ1) is 6.72. The number of hydrogen-bond donors (Lipinski definition) is 2. The van der Waals surface area contributed by atoms with Crippen molar-refractivity contribution in [2.75, 3.05) is 6.54 Å². The lowest BCUT2D eigenvalue weighted by molar-refractivity contribution is 0.726. The molecule has 1 atom stereocenters. The molecule has 76 valence electrons. The van der Waals surface area contributed by atoms with Crippen molar-refractivity contribution in [1.29, 1.82) is 0 Å². The minimum absolute atomic E-state index is 0.0155. The maximum atomic E-state index is 6.01. The third kappa shape index (κ3) is 1.56. The van der Waals surface area contributed by atoms with Crippen LogP contribution >= 0.6 is 0 Å². The molecule has 0 aromatic heterocycles. The smallest absolute Gasteiger partial charge is 0.0422 e. The molecule has 0 aliphatic heterocycles. The Labute approximate surface area is 85.3 Å². The molecule has 2 heteroatoms. The average molecular weight is 190 g/mol. The van der Waals surface area contributed by atoms with Gasteiger partial charge in [-0.1, -0.05) is 17.7 Å². The SMILES string of the molecule is Cc1cc2c(c([C@@H](N)CN)c1)CCC2. The molecule has 0 spiro atoms. The first-order valence-electron chi connectivity index (χ1n) is 5.30. The Morgan fingerprint density at radius 3 is 2.86 bits per heavy atom. The van der Waals surface area contributed by atoms with E-state index < -0.39 is 0 Å². The first kappa shape index (κ1) is 9.69. The summed E-state index contributed by atoms with van der Waals surface area (Å²) >= 11 is 0. The molecule has 4 N–H and O–H groups in total. The maximum Gasteiger partial charge on any atom is 0.0422 e. The van der Waals surface area contributed by atoms with E-state index in [4.69, 9.17) is 11.5 Å². The zero-order chi connectivity index (χ0) is 10.1. The van der Waals surface area contributed by atoms with E-state index in [1.807, 2.05) is 0 Å². The normalized spacial score (nSPS) is 16.8. The van der Waals surface area contributed by atoms with Crippen molar-refractivity contribution in [1.82, 2.24) is 0 Å². The van der Waals surface area contributed by atoms with E-state index >= 15 is 0 Å². The molecule has 1 aromatic carbocycles. The minimum Gasteiger partial charge on any atom is -0.329 e. The van der Waals surface area contributed by atoms with Crippen LogP contribution in [0.25, 0.3) is 0 Å². The van der Waals surface area contributed by atoms with E-state index in [1.165, 1.54) is 41.5 Å². The van der Waals surface area contributed by atoms with Gasteiger partial charge in [-0.05, 0) is 42.9 Å². The first-order valence-corrected chi connectivity index (χ1v) is 5.30. The summed E-state index contributed by atoms with van der Waals surface area (Å²) in [5.41, 5.74) is 17.2. The van der Waals surface area contributed by atoms with Crippen LogP contribution in [0.15, 0.2) is 12.1 Å². The van der Waals surface area contributed by atoms with Gasteiger partial charge >= 0.3 is 0 Å². The molecule has 0 bridgehead atoms. The predicted molar refractivity (Wildman–Crippen MR) is 59.2 cm³/mol. The molecule has 1 aliphatic carbocycles. The van der Waals surface area contributed by atoms with Crippen LogP contribution in [-0.2, 0) is 12.8 Å². The van der Waals surface area contributed by atoms with E-state index in [1.54, 1.807) is 0 Å². The van der Waals surface area contributed by atoms with Crippen molar-refractivity contribution >= 4 is 0 Å². The fourth-order valence-electron chi connectivity index (χ4n) is 2.36. The molecule has 0 heterocycles. The van der Waals surface area contributed by atoms with Crippen LogP contribution in [-0.4, -0.2) is 6.54 Å². The standard InChI is InChI=1S/C12H18N2/c1-8-5-9-3-2-4-10(9)11(6-8)12(14)7-13/h5-6,12H,2-4,7,13-14H2,1H3/t12-/m0/s1. The molecular weight excluding hydrogens is 172 g/mol. The van der Waals surface area contributed by atoms with Crippen molar-refractivity contribution in [3.05, 3.63) is 34.4 Å². The Bertz CT molecular complexity index is 344. The zero-order valence-electron chi connectivity index (χ0n) is 8.72. The number of hydrogen-bond acceptors (Lipinski definition) is 2. The number of rotatable bonds is 2. The van der Waals surface area contributed by atoms with Gasteiger partial charge in [-0.3, -0.25) is 0 Å². The minimum atomic E-state index is 0.0155. The largest absolute Gasteiger partial charge is 0.329 e. The molecular formula is C12H18N2. The lowest BCUT2D eigenvalue weighted by atomic mass is 9.95. The van der Waals surface area contributed by atoms with Gasteiger partial charge in [-0.25, -0.2) is 0 Å². The summed E-state index contributed by atoms with van der Waals surface area (Å²) in [4.78, 5) is 0. The Kier molecular flexibility index (Phi) is 2.57. The van der Waals surface area contributed by atoms with Crippen molar-refractivity contribution in [2.45, 2.75) is 32.2 Å².